The smallest absolute Gasteiger partial charge is 0.125 e. The highest BCUT2D eigenvalue weighted by Gasteiger charge is 2.06. The fourth-order valence-electron chi connectivity index (χ4n) is 1.85. The molecule has 2 rings (SSSR count). The number of aromatic nitrogens is 1. The van der Waals surface area contributed by atoms with Crippen molar-refractivity contribution in [1.29, 1.82) is 0 Å². The molecule has 3 N–H and O–H groups in total. The summed E-state index contributed by atoms with van der Waals surface area (Å²) >= 11 is 0. The molecule has 0 aliphatic rings. The van der Waals surface area contributed by atoms with Crippen molar-refractivity contribution in [3.8, 4) is 5.75 Å². The van der Waals surface area contributed by atoms with Crippen LogP contribution in [0.25, 0.3) is 10.9 Å². The van der Waals surface area contributed by atoms with Crippen LogP contribution in [0, 0.1) is 0 Å². The monoisotopic (exact) mass is 222 g/mol. The van der Waals surface area contributed by atoms with E-state index in [0.29, 0.717) is 18.8 Å². The second kappa shape index (κ2) is 4.99. The van der Waals surface area contributed by atoms with Gasteiger partial charge in [0.2, 0.25) is 0 Å². The topological polar surface area (TPSA) is 48.0 Å². The van der Waals surface area contributed by atoms with Crippen LogP contribution in [-0.4, -0.2) is 29.9 Å². The lowest BCUT2D eigenvalue weighted by atomic mass is 10.1. The molecule has 1 heterocycles. The number of fused-ring (bicyclic) bond motifs is 1. The number of aromatic hydroxyl groups is 1. The zero-order valence-electron chi connectivity index (χ0n) is 8.96. The van der Waals surface area contributed by atoms with Crippen molar-refractivity contribution in [2.75, 3.05) is 19.8 Å². The molecule has 0 amide bonds. The molecule has 1 aromatic heterocycles. The molecule has 16 heavy (non-hydrogen) atoms. The molecule has 0 spiro atoms. The van der Waals surface area contributed by atoms with E-state index in [1.807, 2.05) is 12.3 Å². The number of hydrogen-bond donors (Lipinski definition) is 3. The van der Waals surface area contributed by atoms with Crippen molar-refractivity contribution in [3.05, 3.63) is 30.0 Å². The zero-order valence-corrected chi connectivity index (χ0v) is 8.96. The average molecular weight is 222 g/mol. The first kappa shape index (κ1) is 11.0. The number of phenols is 1. The van der Waals surface area contributed by atoms with Crippen LogP contribution in [0.2, 0.25) is 0 Å². The van der Waals surface area contributed by atoms with E-state index < -0.39 is 0 Å². The van der Waals surface area contributed by atoms with Crippen LogP contribution in [0.4, 0.5) is 4.39 Å². The lowest BCUT2D eigenvalue weighted by Crippen LogP contribution is -2.19. The van der Waals surface area contributed by atoms with Gasteiger partial charge in [-0.3, -0.25) is 0 Å². The van der Waals surface area contributed by atoms with E-state index in [2.05, 4.69) is 10.3 Å². The molecule has 3 nitrogen and oxygen atoms in total. The van der Waals surface area contributed by atoms with E-state index in [1.165, 1.54) is 0 Å². The molecule has 0 aliphatic carbocycles. The summed E-state index contributed by atoms with van der Waals surface area (Å²) in [5.74, 6) is 0.291. The Kier molecular flexibility index (Phi) is 3.41. The Labute approximate surface area is 93.3 Å². The summed E-state index contributed by atoms with van der Waals surface area (Å²) in [5.41, 5.74) is 1.99. The highest BCUT2D eigenvalue weighted by Crippen LogP contribution is 2.27. The third kappa shape index (κ3) is 2.17. The lowest BCUT2D eigenvalue weighted by Gasteiger charge is -2.02. The standard InChI is InChI=1S/C12H15FN2O/c13-5-7-14-6-4-9-8-15-10-2-1-3-11(16)12(9)10/h1-3,8,14-16H,4-7H2. The van der Waals surface area contributed by atoms with Crippen LogP contribution in [-0.2, 0) is 6.42 Å². The highest BCUT2D eigenvalue weighted by molar-refractivity contribution is 5.88. The molecule has 0 saturated carbocycles. The number of halogens is 1. The van der Waals surface area contributed by atoms with E-state index in [4.69, 9.17) is 0 Å². The molecule has 0 radical (unpaired) electrons. The van der Waals surface area contributed by atoms with Gasteiger partial charge in [0, 0.05) is 23.6 Å². The quantitative estimate of drug-likeness (QED) is 0.677. The minimum absolute atomic E-state index is 0.291. The lowest BCUT2D eigenvalue weighted by molar-refractivity contribution is 0.468. The van der Waals surface area contributed by atoms with Gasteiger partial charge in [0.1, 0.15) is 12.4 Å². The fraction of sp³-hybridized carbons (Fsp3) is 0.333. The first-order valence-corrected chi connectivity index (χ1v) is 5.37. The first-order valence-electron chi connectivity index (χ1n) is 5.37. The average Bonchev–Trinajstić information content (AvgIpc) is 2.69. The maximum Gasteiger partial charge on any atom is 0.125 e. The van der Waals surface area contributed by atoms with Gasteiger partial charge in [0.25, 0.3) is 0 Å². The molecule has 86 valence electrons. The fourth-order valence-corrected chi connectivity index (χ4v) is 1.85. The van der Waals surface area contributed by atoms with Crippen LogP contribution >= 0.6 is 0 Å². The predicted octanol–water partition coefficient (Wildman–Crippen LogP) is 1.98. The molecule has 0 aliphatic heterocycles. The van der Waals surface area contributed by atoms with Crippen LogP contribution < -0.4 is 5.32 Å². The Morgan fingerprint density at radius 3 is 3.00 bits per heavy atom. The summed E-state index contributed by atoms with van der Waals surface area (Å²) in [6.07, 6.45) is 2.67. The molecular weight excluding hydrogens is 207 g/mol. The van der Waals surface area contributed by atoms with Gasteiger partial charge < -0.3 is 15.4 Å². The Morgan fingerprint density at radius 1 is 1.31 bits per heavy atom. The molecular formula is C12H15FN2O. The minimum Gasteiger partial charge on any atom is -0.507 e. The van der Waals surface area contributed by atoms with Gasteiger partial charge in [-0.15, -0.1) is 0 Å². The van der Waals surface area contributed by atoms with Gasteiger partial charge in [0.15, 0.2) is 0 Å². The number of rotatable bonds is 5. The molecule has 0 unspecified atom stereocenters. The van der Waals surface area contributed by atoms with E-state index in [9.17, 15) is 9.50 Å². The van der Waals surface area contributed by atoms with Crippen LogP contribution in [0.1, 0.15) is 5.56 Å². The molecule has 0 bridgehead atoms. The number of hydrogen-bond acceptors (Lipinski definition) is 2. The van der Waals surface area contributed by atoms with Crippen molar-refractivity contribution in [2.24, 2.45) is 0 Å². The largest absolute Gasteiger partial charge is 0.507 e. The van der Waals surface area contributed by atoms with Crippen LogP contribution in [0.15, 0.2) is 24.4 Å². The molecule has 2 aromatic rings. The van der Waals surface area contributed by atoms with Crippen molar-refractivity contribution in [1.82, 2.24) is 10.3 Å². The number of H-pyrrole nitrogens is 1. The molecule has 0 saturated heterocycles. The van der Waals surface area contributed by atoms with E-state index in [1.54, 1.807) is 12.1 Å². The number of aromatic amines is 1. The Bertz CT molecular complexity index is 467. The molecule has 0 atom stereocenters. The predicted molar refractivity (Wildman–Crippen MR) is 62.5 cm³/mol. The van der Waals surface area contributed by atoms with Gasteiger partial charge in [-0.2, -0.15) is 0 Å². The maximum absolute atomic E-state index is 11.9. The van der Waals surface area contributed by atoms with Crippen molar-refractivity contribution < 1.29 is 9.50 Å². The summed E-state index contributed by atoms with van der Waals surface area (Å²) in [5, 5.41) is 13.6. The number of phenolic OH excluding ortho intramolecular Hbond substituents is 1. The summed E-state index contributed by atoms with van der Waals surface area (Å²) in [6.45, 7) is 0.749. The van der Waals surface area contributed by atoms with Gasteiger partial charge in [-0.1, -0.05) is 6.07 Å². The van der Waals surface area contributed by atoms with Gasteiger partial charge in [-0.25, -0.2) is 4.39 Å². The summed E-state index contributed by atoms with van der Waals surface area (Å²) in [7, 11) is 0. The van der Waals surface area contributed by atoms with Crippen molar-refractivity contribution in [3.63, 3.8) is 0 Å². The summed E-state index contributed by atoms with van der Waals surface area (Å²) in [4.78, 5) is 3.11. The normalized spacial score (nSPS) is 11.1. The van der Waals surface area contributed by atoms with Crippen molar-refractivity contribution >= 4 is 10.9 Å². The molecule has 0 fully saturated rings. The third-order valence-corrected chi connectivity index (χ3v) is 2.61. The van der Waals surface area contributed by atoms with E-state index in [-0.39, 0.29) is 6.67 Å². The highest BCUT2D eigenvalue weighted by atomic mass is 19.1. The zero-order chi connectivity index (χ0) is 11.4. The minimum atomic E-state index is -0.348. The van der Waals surface area contributed by atoms with E-state index in [0.717, 1.165) is 22.9 Å². The SMILES string of the molecule is Oc1cccc2[nH]cc(CCNCCF)c12. The van der Waals surface area contributed by atoms with Gasteiger partial charge in [0.05, 0.1) is 0 Å². The summed E-state index contributed by atoms with van der Waals surface area (Å²) in [6, 6.07) is 5.40. The second-order valence-corrected chi connectivity index (χ2v) is 3.70. The molecule has 4 heteroatoms. The molecule has 1 aromatic carbocycles. The first-order chi connectivity index (χ1) is 7.83. The van der Waals surface area contributed by atoms with E-state index >= 15 is 0 Å². The second-order valence-electron chi connectivity index (χ2n) is 3.70. The Balaban J connectivity index is 2.12. The Morgan fingerprint density at radius 2 is 2.19 bits per heavy atom. The summed E-state index contributed by atoms with van der Waals surface area (Å²) < 4.78 is 11.9. The number of nitrogens with one attached hydrogen (secondary N) is 2. The van der Waals surface area contributed by atoms with Crippen molar-refractivity contribution in [2.45, 2.75) is 6.42 Å². The number of benzene rings is 1. The van der Waals surface area contributed by atoms with Crippen LogP contribution in [0.3, 0.4) is 0 Å². The van der Waals surface area contributed by atoms with Crippen LogP contribution in [0.5, 0.6) is 5.75 Å². The van der Waals surface area contributed by atoms with Gasteiger partial charge >= 0.3 is 0 Å². The maximum atomic E-state index is 11.9. The third-order valence-electron chi connectivity index (χ3n) is 2.61. The Hall–Kier alpha value is -1.55. The van der Waals surface area contributed by atoms with Gasteiger partial charge in [-0.05, 0) is 30.7 Å². The number of alkyl halides is 1.